The fraction of sp³-hybridized carbons (Fsp3) is 0.348. The molecule has 1 aliphatic rings. The highest BCUT2D eigenvalue weighted by Crippen LogP contribution is 2.30. The predicted molar refractivity (Wildman–Crippen MR) is 118 cm³/mol. The summed E-state index contributed by atoms with van der Waals surface area (Å²) in [4.78, 5) is 39.0. The molecular weight excluding hydrogens is 417 g/mol. The second kappa shape index (κ2) is 9.25. The Labute approximate surface area is 185 Å². The largest absolute Gasteiger partial charge is 0.497 e. The van der Waals surface area contributed by atoms with E-state index in [-0.39, 0.29) is 30.2 Å². The molecule has 0 aromatic heterocycles. The highest BCUT2D eigenvalue weighted by Gasteiger charge is 2.35. The predicted octanol–water partition coefficient (Wildman–Crippen LogP) is 4.17. The summed E-state index contributed by atoms with van der Waals surface area (Å²) in [5, 5.41) is 5.14. The molecule has 1 saturated heterocycles. The average Bonchev–Trinajstić information content (AvgIpc) is 3.10. The van der Waals surface area contributed by atoms with Crippen molar-refractivity contribution in [2.24, 2.45) is 5.92 Å². The van der Waals surface area contributed by atoms with E-state index in [1.807, 2.05) is 0 Å². The number of halogens is 1. The molecule has 0 saturated carbocycles. The van der Waals surface area contributed by atoms with Crippen LogP contribution in [0.25, 0.3) is 0 Å². The summed E-state index contributed by atoms with van der Waals surface area (Å²) in [6, 6.07) is 10.6. The normalized spacial score (nSPS) is 16.0. The number of amides is 3. The molecule has 1 heterocycles. The van der Waals surface area contributed by atoms with Gasteiger partial charge in [-0.2, -0.15) is 0 Å². The topological polar surface area (TPSA) is 97.0 Å². The lowest BCUT2D eigenvalue weighted by Crippen LogP contribution is -2.29. The van der Waals surface area contributed by atoms with Crippen molar-refractivity contribution in [1.29, 1.82) is 0 Å². The fourth-order valence-corrected chi connectivity index (χ4v) is 3.29. The summed E-state index contributed by atoms with van der Waals surface area (Å²) in [5.74, 6) is -1.30. The van der Waals surface area contributed by atoms with Crippen LogP contribution in [-0.2, 0) is 14.3 Å². The summed E-state index contributed by atoms with van der Waals surface area (Å²) < 4.78 is 24.2. The van der Waals surface area contributed by atoms with Crippen molar-refractivity contribution in [2.45, 2.75) is 32.8 Å². The maximum absolute atomic E-state index is 13.8. The number of carbonyl (C=O) groups is 3. The first-order valence-corrected chi connectivity index (χ1v) is 10.1. The van der Waals surface area contributed by atoms with Crippen molar-refractivity contribution in [1.82, 2.24) is 0 Å². The van der Waals surface area contributed by atoms with Crippen molar-refractivity contribution in [3.63, 3.8) is 0 Å². The molecule has 3 rings (SSSR count). The van der Waals surface area contributed by atoms with Gasteiger partial charge in [-0.15, -0.1) is 0 Å². The standard InChI is InChI=1S/C23H26FN3O5/c1-23(2,3)32-22(30)26-18-9-8-15(24)11-19(18)25-21(29)14-10-20(28)27(13-14)16-6-5-7-17(12-16)31-4/h5-9,11-12,14H,10,13H2,1-4H3,(H,25,29)(H,26,30). The summed E-state index contributed by atoms with van der Waals surface area (Å²) in [6.07, 6.45) is -0.729. The first-order chi connectivity index (χ1) is 15.1. The zero-order valence-corrected chi connectivity index (χ0v) is 18.4. The number of rotatable bonds is 5. The lowest BCUT2D eigenvalue weighted by molar-refractivity contribution is -0.122. The third kappa shape index (κ3) is 5.75. The Bertz CT molecular complexity index is 1030. The zero-order valence-electron chi connectivity index (χ0n) is 18.4. The minimum atomic E-state index is -0.736. The van der Waals surface area contributed by atoms with Crippen molar-refractivity contribution in [2.75, 3.05) is 29.2 Å². The van der Waals surface area contributed by atoms with Crippen LogP contribution in [0.3, 0.4) is 0 Å². The number of methoxy groups -OCH3 is 1. The second-order valence-electron chi connectivity index (χ2n) is 8.41. The van der Waals surface area contributed by atoms with Crippen LogP contribution in [0.1, 0.15) is 27.2 Å². The third-order valence-electron chi connectivity index (χ3n) is 4.74. The van der Waals surface area contributed by atoms with Gasteiger partial charge in [0.15, 0.2) is 0 Å². The van der Waals surface area contributed by atoms with Gasteiger partial charge in [0.25, 0.3) is 0 Å². The van der Waals surface area contributed by atoms with Crippen LogP contribution in [0.4, 0.5) is 26.2 Å². The van der Waals surface area contributed by atoms with Gasteiger partial charge >= 0.3 is 6.09 Å². The molecule has 0 spiro atoms. The van der Waals surface area contributed by atoms with Crippen LogP contribution in [0, 0.1) is 11.7 Å². The number of anilines is 3. The quantitative estimate of drug-likeness (QED) is 0.723. The minimum Gasteiger partial charge on any atom is -0.497 e. The number of ether oxygens (including phenoxy) is 2. The van der Waals surface area contributed by atoms with Gasteiger partial charge in [-0.3, -0.25) is 14.9 Å². The molecule has 1 unspecified atom stereocenters. The lowest BCUT2D eigenvalue weighted by atomic mass is 10.1. The van der Waals surface area contributed by atoms with E-state index in [0.717, 1.165) is 12.1 Å². The smallest absolute Gasteiger partial charge is 0.412 e. The maximum Gasteiger partial charge on any atom is 0.412 e. The Morgan fingerprint density at radius 1 is 1.09 bits per heavy atom. The molecule has 0 bridgehead atoms. The summed E-state index contributed by atoms with van der Waals surface area (Å²) in [5.41, 5.74) is 0.167. The van der Waals surface area contributed by atoms with Crippen molar-refractivity contribution in [3.05, 3.63) is 48.3 Å². The number of hydrogen-bond acceptors (Lipinski definition) is 5. The molecule has 8 nitrogen and oxygen atoms in total. The maximum atomic E-state index is 13.8. The first kappa shape index (κ1) is 23.1. The molecule has 1 fully saturated rings. The van der Waals surface area contributed by atoms with Crippen LogP contribution in [0.15, 0.2) is 42.5 Å². The van der Waals surface area contributed by atoms with Crippen molar-refractivity contribution in [3.8, 4) is 5.75 Å². The molecule has 2 aromatic rings. The molecule has 0 aliphatic carbocycles. The highest BCUT2D eigenvalue weighted by molar-refractivity contribution is 6.05. The third-order valence-corrected chi connectivity index (χ3v) is 4.74. The summed E-state index contributed by atoms with van der Waals surface area (Å²) >= 11 is 0. The number of benzene rings is 2. The number of hydrogen-bond donors (Lipinski definition) is 2. The fourth-order valence-electron chi connectivity index (χ4n) is 3.29. The van der Waals surface area contributed by atoms with Crippen LogP contribution < -0.4 is 20.3 Å². The molecule has 3 amide bonds. The van der Waals surface area contributed by atoms with E-state index in [1.165, 1.54) is 18.1 Å². The molecule has 1 aliphatic heterocycles. The number of nitrogens with one attached hydrogen (secondary N) is 2. The Balaban J connectivity index is 1.72. The van der Waals surface area contributed by atoms with E-state index < -0.39 is 29.3 Å². The van der Waals surface area contributed by atoms with E-state index in [0.29, 0.717) is 11.4 Å². The van der Waals surface area contributed by atoms with Gasteiger partial charge in [-0.25, -0.2) is 9.18 Å². The van der Waals surface area contributed by atoms with Crippen molar-refractivity contribution < 1.29 is 28.2 Å². The summed E-state index contributed by atoms with van der Waals surface area (Å²) in [7, 11) is 1.53. The van der Waals surface area contributed by atoms with Gasteiger partial charge in [0.2, 0.25) is 11.8 Å². The van der Waals surface area contributed by atoms with Crippen molar-refractivity contribution >= 4 is 35.0 Å². The highest BCUT2D eigenvalue weighted by atomic mass is 19.1. The van der Waals surface area contributed by atoms with Gasteiger partial charge in [-0.1, -0.05) is 6.07 Å². The van der Waals surface area contributed by atoms with Gasteiger partial charge in [0.1, 0.15) is 17.2 Å². The number of carbonyl (C=O) groups excluding carboxylic acids is 3. The van der Waals surface area contributed by atoms with E-state index in [4.69, 9.17) is 9.47 Å². The zero-order chi connectivity index (χ0) is 23.5. The van der Waals surface area contributed by atoms with Gasteiger partial charge in [-0.05, 0) is 51.1 Å². The van der Waals surface area contributed by atoms with Crippen LogP contribution >= 0.6 is 0 Å². The van der Waals surface area contributed by atoms with Gasteiger partial charge < -0.3 is 19.7 Å². The Morgan fingerprint density at radius 3 is 2.53 bits per heavy atom. The van der Waals surface area contributed by atoms with Gasteiger partial charge in [0.05, 0.1) is 24.4 Å². The molecule has 170 valence electrons. The SMILES string of the molecule is COc1cccc(N2CC(C(=O)Nc3cc(F)ccc3NC(=O)OC(C)(C)C)CC2=O)c1. The van der Waals surface area contributed by atoms with E-state index >= 15 is 0 Å². The van der Waals surface area contributed by atoms with E-state index in [2.05, 4.69) is 10.6 Å². The molecule has 2 aromatic carbocycles. The molecular formula is C23H26FN3O5. The monoisotopic (exact) mass is 443 g/mol. The van der Waals surface area contributed by atoms with Gasteiger partial charge in [0, 0.05) is 24.7 Å². The number of nitrogens with zero attached hydrogens (tertiary/aromatic N) is 1. The Kier molecular flexibility index (Phi) is 6.67. The molecule has 1 atom stereocenters. The Morgan fingerprint density at radius 2 is 1.84 bits per heavy atom. The van der Waals surface area contributed by atoms with Crippen LogP contribution in [0.2, 0.25) is 0 Å². The second-order valence-corrected chi connectivity index (χ2v) is 8.41. The average molecular weight is 443 g/mol. The summed E-state index contributed by atoms with van der Waals surface area (Å²) in [6.45, 7) is 5.31. The molecule has 0 radical (unpaired) electrons. The lowest BCUT2D eigenvalue weighted by Gasteiger charge is -2.21. The van der Waals surface area contributed by atoms with Crippen LogP contribution in [-0.4, -0.2) is 37.2 Å². The van der Waals surface area contributed by atoms with E-state index in [1.54, 1.807) is 45.0 Å². The van der Waals surface area contributed by atoms with E-state index in [9.17, 15) is 18.8 Å². The first-order valence-electron chi connectivity index (χ1n) is 10.1. The Hall–Kier alpha value is -3.62. The van der Waals surface area contributed by atoms with Crippen LogP contribution in [0.5, 0.6) is 5.75 Å². The molecule has 9 heteroatoms. The molecule has 32 heavy (non-hydrogen) atoms. The molecule has 2 N–H and O–H groups in total. The minimum absolute atomic E-state index is 0.00713.